The van der Waals surface area contributed by atoms with Crippen molar-refractivity contribution >= 4 is 28.3 Å². The maximum atomic E-state index is 11.6. The first-order valence-corrected chi connectivity index (χ1v) is 8.04. The van der Waals surface area contributed by atoms with Crippen LogP contribution < -0.4 is 4.74 Å². The van der Waals surface area contributed by atoms with Crippen LogP contribution in [-0.2, 0) is 11.2 Å². The first-order valence-electron chi connectivity index (χ1n) is 7.66. The van der Waals surface area contributed by atoms with Crippen molar-refractivity contribution in [1.29, 1.82) is 0 Å². The van der Waals surface area contributed by atoms with Gasteiger partial charge in [0.2, 0.25) is 0 Å². The highest BCUT2D eigenvalue weighted by atomic mass is 35.5. The van der Waals surface area contributed by atoms with Crippen molar-refractivity contribution < 1.29 is 14.6 Å². The van der Waals surface area contributed by atoms with Gasteiger partial charge in [0, 0.05) is 11.4 Å². The Bertz CT molecular complexity index is 889. The average Bonchev–Trinajstić information content (AvgIpc) is 2.56. The standard InChI is InChI=1S/C20H17ClO3/c1-13-10-17(21)8-6-15(13)12-19(20(22)23)24-18-9-7-14-4-2-3-5-16(14)11-18/h2-11,19H,12H2,1H3,(H,22,23)/t19-/m0/s1. The van der Waals surface area contributed by atoms with Crippen molar-refractivity contribution in [3.63, 3.8) is 0 Å². The Labute approximate surface area is 145 Å². The van der Waals surface area contributed by atoms with Gasteiger partial charge in [0.25, 0.3) is 0 Å². The molecule has 3 aromatic carbocycles. The number of carboxylic acid groups (broad SMARTS) is 1. The number of hydrogen-bond acceptors (Lipinski definition) is 2. The summed E-state index contributed by atoms with van der Waals surface area (Å²) in [6.07, 6.45) is -0.670. The van der Waals surface area contributed by atoms with Crippen molar-refractivity contribution in [2.75, 3.05) is 0 Å². The molecule has 0 saturated heterocycles. The summed E-state index contributed by atoms with van der Waals surface area (Å²) in [6.45, 7) is 1.91. The number of carbonyl (C=O) groups is 1. The number of ether oxygens (including phenoxy) is 1. The van der Waals surface area contributed by atoms with Crippen LogP contribution in [0, 0.1) is 6.92 Å². The third kappa shape index (κ3) is 3.69. The Morgan fingerprint density at radius 1 is 1.08 bits per heavy atom. The van der Waals surface area contributed by atoms with E-state index >= 15 is 0 Å². The summed E-state index contributed by atoms with van der Waals surface area (Å²) in [7, 11) is 0. The molecule has 0 radical (unpaired) electrons. The molecule has 0 saturated carbocycles. The predicted molar refractivity (Wildman–Crippen MR) is 95.9 cm³/mol. The van der Waals surface area contributed by atoms with E-state index in [4.69, 9.17) is 16.3 Å². The number of carboxylic acids is 1. The van der Waals surface area contributed by atoms with Gasteiger partial charge in [-0.1, -0.05) is 48.0 Å². The van der Waals surface area contributed by atoms with E-state index in [9.17, 15) is 9.90 Å². The zero-order chi connectivity index (χ0) is 17.1. The molecular weight excluding hydrogens is 324 g/mol. The Morgan fingerprint density at radius 2 is 1.83 bits per heavy atom. The Hall–Kier alpha value is -2.52. The van der Waals surface area contributed by atoms with Crippen molar-refractivity contribution in [2.45, 2.75) is 19.4 Å². The zero-order valence-corrected chi connectivity index (χ0v) is 14.0. The maximum absolute atomic E-state index is 11.6. The number of fused-ring (bicyclic) bond motifs is 1. The van der Waals surface area contributed by atoms with E-state index in [0.29, 0.717) is 10.8 Å². The number of hydrogen-bond donors (Lipinski definition) is 1. The van der Waals surface area contributed by atoms with Gasteiger partial charge < -0.3 is 9.84 Å². The Morgan fingerprint density at radius 3 is 2.54 bits per heavy atom. The molecule has 0 unspecified atom stereocenters. The molecule has 3 nitrogen and oxygen atoms in total. The van der Waals surface area contributed by atoms with Crippen molar-refractivity contribution in [3.05, 3.63) is 76.8 Å². The molecule has 3 aromatic rings. The van der Waals surface area contributed by atoms with E-state index in [2.05, 4.69) is 0 Å². The SMILES string of the molecule is Cc1cc(Cl)ccc1C[C@H](Oc1ccc2ccccc2c1)C(=O)O. The molecule has 0 spiro atoms. The van der Waals surface area contributed by atoms with E-state index < -0.39 is 12.1 Å². The van der Waals surface area contributed by atoms with Crippen LogP contribution in [-0.4, -0.2) is 17.2 Å². The van der Waals surface area contributed by atoms with Gasteiger partial charge in [-0.15, -0.1) is 0 Å². The monoisotopic (exact) mass is 340 g/mol. The molecule has 4 heteroatoms. The van der Waals surface area contributed by atoms with Crippen molar-refractivity contribution in [2.24, 2.45) is 0 Å². The van der Waals surface area contributed by atoms with Gasteiger partial charge in [0.15, 0.2) is 6.10 Å². The maximum Gasteiger partial charge on any atom is 0.345 e. The lowest BCUT2D eigenvalue weighted by atomic mass is 10.0. The predicted octanol–water partition coefficient (Wildman–Crippen LogP) is 4.88. The number of halogens is 1. The zero-order valence-electron chi connectivity index (χ0n) is 13.2. The molecule has 0 heterocycles. The third-order valence-electron chi connectivity index (χ3n) is 3.98. The smallest absolute Gasteiger partial charge is 0.345 e. The summed E-state index contributed by atoms with van der Waals surface area (Å²) < 4.78 is 5.74. The van der Waals surface area contributed by atoms with E-state index in [1.165, 1.54) is 0 Å². The molecule has 1 N–H and O–H groups in total. The number of rotatable bonds is 5. The van der Waals surface area contributed by atoms with E-state index in [-0.39, 0.29) is 6.42 Å². The van der Waals surface area contributed by atoms with Crippen LogP contribution in [0.25, 0.3) is 10.8 Å². The molecule has 0 bridgehead atoms. The molecule has 0 aliphatic heterocycles. The fourth-order valence-corrected chi connectivity index (χ4v) is 2.90. The lowest BCUT2D eigenvalue weighted by molar-refractivity contribution is -0.145. The highest BCUT2D eigenvalue weighted by Gasteiger charge is 2.21. The normalized spacial score (nSPS) is 12.1. The highest BCUT2D eigenvalue weighted by molar-refractivity contribution is 6.30. The minimum Gasteiger partial charge on any atom is -0.478 e. The Balaban J connectivity index is 1.83. The molecular formula is C20H17ClO3. The molecule has 1 atom stereocenters. The average molecular weight is 341 g/mol. The molecule has 24 heavy (non-hydrogen) atoms. The van der Waals surface area contributed by atoms with Gasteiger partial charge >= 0.3 is 5.97 Å². The second kappa shape index (κ2) is 6.93. The second-order valence-corrected chi connectivity index (χ2v) is 6.17. The van der Waals surface area contributed by atoms with E-state index in [1.807, 2.05) is 55.5 Å². The molecule has 0 fully saturated rings. The summed E-state index contributed by atoms with van der Waals surface area (Å²) in [5, 5.41) is 12.2. The Kier molecular flexibility index (Phi) is 4.72. The third-order valence-corrected chi connectivity index (χ3v) is 4.22. The summed E-state index contributed by atoms with van der Waals surface area (Å²) >= 11 is 5.95. The van der Waals surface area contributed by atoms with Crippen LogP contribution in [0.4, 0.5) is 0 Å². The van der Waals surface area contributed by atoms with Gasteiger partial charge in [-0.3, -0.25) is 0 Å². The topological polar surface area (TPSA) is 46.5 Å². The van der Waals surface area contributed by atoms with Crippen LogP contribution in [0.2, 0.25) is 5.02 Å². The first kappa shape index (κ1) is 16.3. The summed E-state index contributed by atoms with van der Waals surface area (Å²) in [6, 6.07) is 18.9. The van der Waals surface area contributed by atoms with Crippen LogP contribution in [0.3, 0.4) is 0 Å². The fourth-order valence-electron chi connectivity index (χ4n) is 2.67. The number of benzene rings is 3. The summed E-state index contributed by atoms with van der Waals surface area (Å²) in [5.41, 5.74) is 1.86. The number of aryl methyl sites for hydroxylation is 1. The van der Waals surface area contributed by atoms with Crippen LogP contribution >= 0.6 is 11.6 Å². The second-order valence-electron chi connectivity index (χ2n) is 5.73. The molecule has 0 aliphatic carbocycles. The van der Waals surface area contributed by atoms with Crippen LogP contribution in [0.5, 0.6) is 5.75 Å². The van der Waals surface area contributed by atoms with Crippen molar-refractivity contribution in [3.8, 4) is 5.75 Å². The largest absolute Gasteiger partial charge is 0.478 e. The lowest BCUT2D eigenvalue weighted by Gasteiger charge is -2.17. The minimum atomic E-state index is -0.988. The van der Waals surface area contributed by atoms with Gasteiger partial charge in [-0.2, -0.15) is 0 Å². The molecule has 3 rings (SSSR count). The summed E-state index contributed by atoms with van der Waals surface area (Å²) in [5.74, 6) is -0.440. The van der Waals surface area contributed by atoms with Gasteiger partial charge in [-0.05, 0) is 53.1 Å². The van der Waals surface area contributed by atoms with E-state index in [1.54, 1.807) is 12.1 Å². The van der Waals surface area contributed by atoms with Gasteiger partial charge in [0.1, 0.15) is 5.75 Å². The van der Waals surface area contributed by atoms with Crippen LogP contribution in [0.1, 0.15) is 11.1 Å². The van der Waals surface area contributed by atoms with E-state index in [0.717, 1.165) is 21.9 Å². The quantitative estimate of drug-likeness (QED) is 0.720. The lowest BCUT2D eigenvalue weighted by Crippen LogP contribution is -2.29. The fraction of sp³-hybridized carbons (Fsp3) is 0.150. The molecule has 0 aliphatic rings. The first-order chi connectivity index (χ1) is 11.5. The molecule has 122 valence electrons. The van der Waals surface area contributed by atoms with Crippen molar-refractivity contribution in [1.82, 2.24) is 0 Å². The van der Waals surface area contributed by atoms with Crippen LogP contribution in [0.15, 0.2) is 60.7 Å². The van der Waals surface area contributed by atoms with Gasteiger partial charge in [0.05, 0.1) is 0 Å². The molecule has 0 amide bonds. The molecule has 0 aromatic heterocycles. The highest BCUT2D eigenvalue weighted by Crippen LogP contribution is 2.23. The van der Waals surface area contributed by atoms with Gasteiger partial charge in [-0.25, -0.2) is 4.79 Å². The summed E-state index contributed by atoms with van der Waals surface area (Å²) in [4.78, 5) is 11.6. The minimum absolute atomic E-state index is 0.283. The number of aliphatic carboxylic acids is 1.